The Kier molecular flexibility index (Phi) is 6.39. The van der Waals surface area contributed by atoms with E-state index in [1.807, 2.05) is 72.8 Å². The third-order valence-electron chi connectivity index (χ3n) is 5.01. The predicted octanol–water partition coefficient (Wildman–Crippen LogP) is 4.76. The molecule has 0 saturated heterocycles. The summed E-state index contributed by atoms with van der Waals surface area (Å²) in [5.41, 5.74) is 15.5. The van der Waals surface area contributed by atoms with Crippen LogP contribution in [0.3, 0.4) is 0 Å². The van der Waals surface area contributed by atoms with Gasteiger partial charge in [-0.3, -0.25) is 0 Å². The number of furan rings is 2. The van der Waals surface area contributed by atoms with Crippen molar-refractivity contribution in [2.75, 3.05) is 11.5 Å². The number of nitrogens with zero attached hydrogens (tertiary/aromatic N) is 6. The molecular formula is C26H20N8O2. The second-order valence-corrected chi connectivity index (χ2v) is 7.42. The molecule has 10 heteroatoms. The van der Waals surface area contributed by atoms with Crippen LogP contribution in [0, 0.1) is 0 Å². The molecule has 0 amide bonds. The molecular weight excluding hydrogens is 456 g/mol. The van der Waals surface area contributed by atoms with Crippen molar-refractivity contribution in [3.8, 4) is 45.4 Å². The van der Waals surface area contributed by atoms with Gasteiger partial charge in [-0.15, -0.1) is 20.4 Å². The van der Waals surface area contributed by atoms with Crippen LogP contribution in [0.4, 0.5) is 11.9 Å². The van der Waals surface area contributed by atoms with Crippen LogP contribution >= 0.6 is 0 Å². The molecule has 36 heavy (non-hydrogen) atoms. The Bertz CT molecular complexity index is 1420. The third-order valence-corrected chi connectivity index (χ3v) is 5.01. The van der Waals surface area contributed by atoms with Crippen LogP contribution < -0.4 is 11.5 Å². The van der Waals surface area contributed by atoms with E-state index >= 15 is 0 Å². The highest BCUT2D eigenvalue weighted by molar-refractivity contribution is 5.76. The number of hydrogen-bond donors (Lipinski definition) is 2. The molecule has 2 aromatic carbocycles. The Hall–Kier alpha value is -5.38. The zero-order chi connectivity index (χ0) is 24.7. The van der Waals surface area contributed by atoms with Crippen LogP contribution in [0.15, 0.2) is 106 Å². The standard InChI is InChI=1S/2C13H10N4O/c2*14-13-15-11(9-5-2-1-3-6-9)12(16-17-13)10-7-4-8-18-10/h2*1-8H,(H2,14,15,17). The van der Waals surface area contributed by atoms with E-state index in [9.17, 15) is 0 Å². The lowest BCUT2D eigenvalue weighted by Gasteiger charge is -2.05. The van der Waals surface area contributed by atoms with Gasteiger partial charge < -0.3 is 20.3 Å². The average molecular weight is 477 g/mol. The molecule has 0 radical (unpaired) electrons. The van der Waals surface area contributed by atoms with E-state index in [4.69, 9.17) is 20.3 Å². The van der Waals surface area contributed by atoms with Crippen molar-refractivity contribution in [3.05, 3.63) is 97.5 Å². The Morgan fingerprint density at radius 1 is 0.444 bits per heavy atom. The van der Waals surface area contributed by atoms with Crippen molar-refractivity contribution in [2.45, 2.75) is 0 Å². The van der Waals surface area contributed by atoms with Crippen molar-refractivity contribution >= 4 is 11.9 Å². The van der Waals surface area contributed by atoms with Crippen molar-refractivity contribution in [3.63, 3.8) is 0 Å². The minimum Gasteiger partial charge on any atom is -0.463 e. The third kappa shape index (κ3) is 4.92. The van der Waals surface area contributed by atoms with E-state index in [1.54, 1.807) is 24.7 Å². The fourth-order valence-corrected chi connectivity index (χ4v) is 3.43. The van der Waals surface area contributed by atoms with Gasteiger partial charge in [-0.1, -0.05) is 60.7 Å². The Morgan fingerprint density at radius 2 is 0.861 bits per heavy atom. The Balaban J connectivity index is 0.000000148. The SMILES string of the molecule is Nc1nnc(-c2ccco2)c(-c2ccccc2)n1.Nc1nnc(-c2ccco2)c(-c2ccccc2)n1. The molecule has 0 fully saturated rings. The van der Waals surface area contributed by atoms with Crippen LogP contribution in [0.25, 0.3) is 45.4 Å². The number of nitrogens with two attached hydrogens (primary N) is 2. The molecule has 6 aromatic rings. The highest BCUT2D eigenvalue weighted by atomic mass is 16.3. The normalized spacial score (nSPS) is 10.4. The lowest BCUT2D eigenvalue weighted by molar-refractivity contribution is 0.578. The van der Waals surface area contributed by atoms with Crippen LogP contribution in [0.2, 0.25) is 0 Å². The van der Waals surface area contributed by atoms with Gasteiger partial charge in [-0.25, -0.2) is 9.97 Å². The molecule has 0 spiro atoms. The number of nitrogen functional groups attached to an aromatic ring is 2. The van der Waals surface area contributed by atoms with Crippen molar-refractivity contribution < 1.29 is 8.83 Å². The summed E-state index contributed by atoms with van der Waals surface area (Å²) in [7, 11) is 0. The van der Waals surface area contributed by atoms with Crippen molar-refractivity contribution in [1.29, 1.82) is 0 Å². The molecule has 0 aliphatic carbocycles. The quantitative estimate of drug-likeness (QED) is 0.363. The van der Waals surface area contributed by atoms with Gasteiger partial charge in [-0.2, -0.15) is 0 Å². The van der Waals surface area contributed by atoms with E-state index < -0.39 is 0 Å². The summed E-state index contributed by atoms with van der Waals surface area (Å²) in [5, 5.41) is 15.7. The van der Waals surface area contributed by atoms with E-state index in [2.05, 4.69) is 30.4 Å². The molecule has 0 aliphatic heterocycles. The number of anilines is 2. The summed E-state index contributed by atoms with van der Waals surface area (Å²) in [6.45, 7) is 0. The van der Waals surface area contributed by atoms with Crippen LogP contribution in [-0.2, 0) is 0 Å². The van der Waals surface area contributed by atoms with Crippen LogP contribution in [-0.4, -0.2) is 30.4 Å². The van der Waals surface area contributed by atoms with E-state index in [0.717, 1.165) is 11.1 Å². The summed E-state index contributed by atoms with van der Waals surface area (Å²) in [6.07, 6.45) is 3.17. The predicted molar refractivity (Wildman–Crippen MR) is 135 cm³/mol. The minimum atomic E-state index is 0.143. The minimum absolute atomic E-state index is 0.143. The maximum Gasteiger partial charge on any atom is 0.240 e. The Labute approximate surface area is 205 Å². The first-order chi connectivity index (χ1) is 17.7. The molecule has 0 atom stereocenters. The van der Waals surface area contributed by atoms with Gasteiger partial charge in [0.15, 0.2) is 22.9 Å². The summed E-state index contributed by atoms with van der Waals surface area (Å²) in [6, 6.07) is 26.6. The Morgan fingerprint density at radius 3 is 1.22 bits per heavy atom. The summed E-state index contributed by atoms with van der Waals surface area (Å²) in [5.74, 6) is 1.52. The van der Waals surface area contributed by atoms with E-state index in [1.165, 1.54) is 0 Å². The molecule has 0 aliphatic rings. The number of benzene rings is 2. The highest BCUT2D eigenvalue weighted by Crippen LogP contribution is 2.29. The average Bonchev–Trinajstić information content (AvgIpc) is 3.65. The molecule has 4 N–H and O–H groups in total. The highest BCUT2D eigenvalue weighted by Gasteiger charge is 2.15. The second-order valence-electron chi connectivity index (χ2n) is 7.42. The van der Waals surface area contributed by atoms with Crippen molar-refractivity contribution in [2.24, 2.45) is 0 Å². The van der Waals surface area contributed by atoms with Gasteiger partial charge in [0.25, 0.3) is 0 Å². The number of hydrogen-bond acceptors (Lipinski definition) is 10. The summed E-state index contributed by atoms with van der Waals surface area (Å²) >= 11 is 0. The topological polar surface area (TPSA) is 156 Å². The molecule has 6 rings (SSSR count). The molecule has 0 unspecified atom stereocenters. The van der Waals surface area contributed by atoms with E-state index in [0.29, 0.717) is 34.3 Å². The number of rotatable bonds is 4. The zero-order valence-corrected chi connectivity index (χ0v) is 18.9. The molecule has 0 bridgehead atoms. The zero-order valence-electron chi connectivity index (χ0n) is 18.9. The summed E-state index contributed by atoms with van der Waals surface area (Å²) < 4.78 is 10.7. The summed E-state index contributed by atoms with van der Waals surface area (Å²) in [4.78, 5) is 8.49. The molecule has 0 saturated carbocycles. The van der Waals surface area contributed by atoms with Crippen molar-refractivity contribution in [1.82, 2.24) is 30.4 Å². The first-order valence-electron chi connectivity index (χ1n) is 10.9. The molecule has 10 nitrogen and oxygen atoms in total. The molecule has 4 aromatic heterocycles. The van der Waals surface area contributed by atoms with Crippen LogP contribution in [0.5, 0.6) is 0 Å². The smallest absolute Gasteiger partial charge is 0.240 e. The lowest BCUT2D eigenvalue weighted by atomic mass is 10.1. The second kappa shape index (κ2) is 10.3. The van der Waals surface area contributed by atoms with Gasteiger partial charge in [-0.05, 0) is 24.3 Å². The maximum absolute atomic E-state index is 5.60. The fraction of sp³-hybridized carbons (Fsp3) is 0. The van der Waals surface area contributed by atoms with Gasteiger partial charge in [0.2, 0.25) is 11.9 Å². The fourth-order valence-electron chi connectivity index (χ4n) is 3.43. The monoisotopic (exact) mass is 476 g/mol. The lowest BCUT2D eigenvalue weighted by Crippen LogP contribution is -2.01. The molecule has 4 heterocycles. The maximum atomic E-state index is 5.60. The van der Waals surface area contributed by atoms with Gasteiger partial charge in [0, 0.05) is 11.1 Å². The number of aromatic nitrogens is 6. The van der Waals surface area contributed by atoms with Gasteiger partial charge in [0.1, 0.15) is 11.4 Å². The first kappa shape index (κ1) is 22.4. The van der Waals surface area contributed by atoms with Gasteiger partial charge in [0.05, 0.1) is 12.5 Å². The first-order valence-corrected chi connectivity index (χ1v) is 10.9. The van der Waals surface area contributed by atoms with Crippen LogP contribution in [0.1, 0.15) is 0 Å². The van der Waals surface area contributed by atoms with Gasteiger partial charge >= 0.3 is 0 Å². The largest absolute Gasteiger partial charge is 0.463 e. The van der Waals surface area contributed by atoms with E-state index in [-0.39, 0.29) is 11.9 Å². The molecule has 176 valence electrons.